The van der Waals surface area contributed by atoms with Gasteiger partial charge >= 0.3 is 0 Å². The topological polar surface area (TPSA) is 71.2 Å². The zero-order valence-corrected chi connectivity index (χ0v) is 12.6. The normalized spacial score (nSPS) is 10.2. The van der Waals surface area contributed by atoms with Crippen molar-refractivity contribution >= 4 is 23.4 Å². The molecular weight excluding hydrogens is 288 g/mol. The second-order valence-electron chi connectivity index (χ2n) is 4.36. The SMILES string of the molecule is CSc1cccc(NC(=O)COc2c(C)[nH]ccc2=O)c1. The Bertz CT molecular complexity index is 697. The Kier molecular flexibility index (Phi) is 5.05. The lowest BCUT2D eigenvalue weighted by Gasteiger charge is -2.09. The Hall–Kier alpha value is -2.21. The van der Waals surface area contributed by atoms with Crippen LogP contribution in [0.15, 0.2) is 46.2 Å². The van der Waals surface area contributed by atoms with Crippen molar-refractivity contribution in [3.8, 4) is 5.75 Å². The summed E-state index contributed by atoms with van der Waals surface area (Å²) >= 11 is 1.60. The number of nitrogens with one attached hydrogen (secondary N) is 2. The number of ether oxygens (including phenoxy) is 1. The maximum Gasteiger partial charge on any atom is 0.262 e. The van der Waals surface area contributed by atoms with Gasteiger partial charge in [-0.15, -0.1) is 11.8 Å². The maximum atomic E-state index is 11.9. The van der Waals surface area contributed by atoms with Gasteiger partial charge in [0.05, 0.1) is 5.69 Å². The van der Waals surface area contributed by atoms with Crippen molar-refractivity contribution in [1.82, 2.24) is 4.98 Å². The molecule has 1 aromatic heterocycles. The summed E-state index contributed by atoms with van der Waals surface area (Å²) in [7, 11) is 0. The van der Waals surface area contributed by atoms with Crippen LogP contribution in [-0.4, -0.2) is 23.8 Å². The highest BCUT2D eigenvalue weighted by Gasteiger charge is 2.08. The number of pyridine rings is 1. The number of amides is 1. The second kappa shape index (κ2) is 6.99. The lowest BCUT2D eigenvalue weighted by Crippen LogP contribution is -2.22. The summed E-state index contributed by atoms with van der Waals surface area (Å²) in [4.78, 5) is 27.4. The van der Waals surface area contributed by atoms with E-state index in [1.54, 1.807) is 30.9 Å². The minimum atomic E-state index is -0.309. The van der Waals surface area contributed by atoms with Crippen molar-refractivity contribution < 1.29 is 9.53 Å². The maximum absolute atomic E-state index is 11.9. The van der Waals surface area contributed by atoms with Crippen LogP contribution in [0.5, 0.6) is 5.75 Å². The van der Waals surface area contributed by atoms with Gasteiger partial charge in [-0.1, -0.05) is 6.07 Å². The number of benzene rings is 1. The van der Waals surface area contributed by atoms with Crippen LogP contribution in [-0.2, 0) is 4.79 Å². The number of carbonyl (C=O) groups excluding carboxylic acids is 1. The van der Waals surface area contributed by atoms with Gasteiger partial charge in [-0.2, -0.15) is 0 Å². The molecule has 2 rings (SSSR count). The molecule has 0 aliphatic carbocycles. The van der Waals surface area contributed by atoms with Gasteiger partial charge < -0.3 is 15.0 Å². The van der Waals surface area contributed by atoms with Crippen molar-refractivity contribution in [2.24, 2.45) is 0 Å². The lowest BCUT2D eigenvalue weighted by molar-refractivity contribution is -0.118. The molecule has 0 unspecified atom stereocenters. The molecule has 1 heterocycles. The molecule has 1 amide bonds. The van der Waals surface area contributed by atoms with E-state index in [1.165, 1.54) is 6.07 Å². The van der Waals surface area contributed by atoms with Crippen LogP contribution in [0.1, 0.15) is 5.69 Å². The molecule has 21 heavy (non-hydrogen) atoms. The molecule has 0 aliphatic rings. The highest BCUT2D eigenvalue weighted by atomic mass is 32.2. The third-order valence-corrected chi connectivity index (χ3v) is 3.53. The molecule has 6 heteroatoms. The van der Waals surface area contributed by atoms with Crippen LogP contribution in [0.2, 0.25) is 0 Å². The van der Waals surface area contributed by atoms with E-state index < -0.39 is 0 Å². The number of hydrogen-bond donors (Lipinski definition) is 2. The summed E-state index contributed by atoms with van der Waals surface area (Å²) < 4.78 is 5.30. The van der Waals surface area contributed by atoms with Gasteiger partial charge in [-0.25, -0.2) is 0 Å². The molecular formula is C15H16N2O3S. The molecule has 0 saturated carbocycles. The van der Waals surface area contributed by atoms with E-state index in [4.69, 9.17) is 4.74 Å². The molecule has 0 saturated heterocycles. The molecule has 0 aliphatic heterocycles. The van der Waals surface area contributed by atoms with Crippen molar-refractivity contribution in [3.05, 3.63) is 52.4 Å². The number of rotatable bonds is 5. The number of hydrogen-bond acceptors (Lipinski definition) is 4. The van der Waals surface area contributed by atoms with E-state index in [9.17, 15) is 9.59 Å². The summed E-state index contributed by atoms with van der Waals surface area (Å²) in [6.07, 6.45) is 3.51. The minimum Gasteiger partial charge on any atom is -0.478 e. The quantitative estimate of drug-likeness (QED) is 0.832. The highest BCUT2D eigenvalue weighted by molar-refractivity contribution is 7.98. The third kappa shape index (κ3) is 4.13. The molecule has 0 radical (unpaired) electrons. The average Bonchev–Trinajstić information content (AvgIpc) is 2.47. The molecule has 1 aromatic carbocycles. The largest absolute Gasteiger partial charge is 0.478 e. The molecule has 0 bridgehead atoms. The van der Waals surface area contributed by atoms with Gasteiger partial charge in [-0.3, -0.25) is 9.59 Å². The molecule has 0 atom stereocenters. The lowest BCUT2D eigenvalue weighted by atomic mass is 10.3. The van der Waals surface area contributed by atoms with Gasteiger partial charge in [0.25, 0.3) is 5.91 Å². The first-order valence-electron chi connectivity index (χ1n) is 6.35. The Labute approximate surface area is 126 Å². The summed E-state index contributed by atoms with van der Waals surface area (Å²) in [5.74, 6) is -0.138. The fourth-order valence-electron chi connectivity index (χ4n) is 1.78. The molecule has 5 nitrogen and oxygen atoms in total. The predicted molar refractivity (Wildman–Crippen MR) is 84.1 cm³/mol. The van der Waals surface area contributed by atoms with Crippen LogP contribution in [0, 0.1) is 6.92 Å². The number of carbonyl (C=O) groups is 1. The highest BCUT2D eigenvalue weighted by Crippen LogP contribution is 2.18. The fourth-order valence-corrected chi connectivity index (χ4v) is 2.24. The van der Waals surface area contributed by atoms with E-state index in [0.29, 0.717) is 11.4 Å². The smallest absolute Gasteiger partial charge is 0.262 e. The summed E-state index contributed by atoms with van der Waals surface area (Å²) in [5, 5.41) is 2.74. The van der Waals surface area contributed by atoms with Crippen molar-refractivity contribution in [2.45, 2.75) is 11.8 Å². The number of H-pyrrole nitrogens is 1. The first kappa shape index (κ1) is 15.2. The zero-order chi connectivity index (χ0) is 15.2. The van der Waals surface area contributed by atoms with Gasteiger partial charge in [-0.05, 0) is 31.4 Å². The first-order chi connectivity index (χ1) is 10.1. The Morgan fingerprint density at radius 3 is 2.90 bits per heavy atom. The third-order valence-electron chi connectivity index (χ3n) is 2.80. The van der Waals surface area contributed by atoms with Crippen LogP contribution < -0.4 is 15.5 Å². The van der Waals surface area contributed by atoms with E-state index >= 15 is 0 Å². The molecule has 110 valence electrons. The van der Waals surface area contributed by atoms with Crippen LogP contribution in [0.25, 0.3) is 0 Å². The van der Waals surface area contributed by atoms with E-state index in [1.807, 2.05) is 24.5 Å². The van der Waals surface area contributed by atoms with Crippen molar-refractivity contribution in [1.29, 1.82) is 0 Å². The summed E-state index contributed by atoms with van der Waals surface area (Å²) in [6, 6.07) is 8.88. The van der Waals surface area contributed by atoms with Crippen molar-refractivity contribution in [2.75, 3.05) is 18.2 Å². The van der Waals surface area contributed by atoms with Crippen LogP contribution >= 0.6 is 11.8 Å². The predicted octanol–water partition coefficient (Wildman–Crippen LogP) is 2.42. The van der Waals surface area contributed by atoms with Crippen LogP contribution in [0.4, 0.5) is 5.69 Å². The second-order valence-corrected chi connectivity index (χ2v) is 5.24. The van der Waals surface area contributed by atoms with Crippen molar-refractivity contribution in [3.63, 3.8) is 0 Å². The molecule has 0 spiro atoms. The summed E-state index contributed by atoms with van der Waals surface area (Å²) in [6.45, 7) is 1.51. The molecule has 2 aromatic rings. The van der Waals surface area contributed by atoms with Crippen LogP contribution in [0.3, 0.4) is 0 Å². The van der Waals surface area contributed by atoms with Gasteiger partial charge in [0.1, 0.15) is 0 Å². The number of anilines is 1. The number of aromatic amines is 1. The zero-order valence-electron chi connectivity index (χ0n) is 11.8. The Morgan fingerprint density at radius 1 is 1.38 bits per heavy atom. The minimum absolute atomic E-state index is 0.172. The summed E-state index contributed by atoms with van der Waals surface area (Å²) in [5.41, 5.74) is 1.05. The number of aromatic nitrogens is 1. The standard InChI is InChI=1S/C15H16N2O3S/c1-10-15(13(18)6-7-16-10)20-9-14(19)17-11-4-3-5-12(8-11)21-2/h3-8H,9H2,1-2H3,(H,16,18)(H,17,19). The van der Waals surface area contributed by atoms with Gasteiger partial charge in [0, 0.05) is 22.8 Å². The number of thioether (sulfide) groups is 1. The molecule has 2 N–H and O–H groups in total. The number of aryl methyl sites for hydroxylation is 1. The van der Waals surface area contributed by atoms with E-state index in [0.717, 1.165) is 4.90 Å². The van der Waals surface area contributed by atoms with E-state index in [2.05, 4.69) is 10.3 Å². The fraction of sp³-hybridized carbons (Fsp3) is 0.200. The monoisotopic (exact) mass is 304 g/mol. The molecule has 0 fully saturated rings. The Balaban J connectivity index is 1.97. The van der Waals surface area contributed by atoms with Gasteiger partial charge in [0.15, 0.2) is 12.4 Å². The van der Waals surface area contributed by atoms with Gasteiger partial charge in [0.2, 0.25) is 5.43 Å². The first-order valence-corrected chi connectivity index (χ1v) is 7.57. The average molecular weight is 304 g/mol. The van der Waals surface area contributed by atoms with E-state index in [-0.39, 0.29) is 23.7 Å². The Morgan fingerprint density at radius 2 is 2.19 bits per heavy atom.